The van der Waals surface area contributed by atoms with Gasteiger partial charge >= 0.3 is 0 Å². The highest BCUT2D eigenvalue weighted by molar-refractivity contribution is 5.46. The summed E-state index contributed by atoms with van der Waals surface area (Å²) in [4.78, 5) is 0. The number of para-hydroxylation sites is 1. The first-order chi connectivity index (χ1) is 6.83. The molecule has 0 saturated carbocycles. The average molecular weight is 188 g/mol. The molecule has 2 rings (SSSR count). The van der Waals surface area contributed by atoms with Crippen LogP contribution in [0.1, 0.15) is 11.1 Å². The van der Waals surface area contributed by atoms with E-state index in [1.54, 1.807) is 10.9 Å². The van der Waals surface area contributed by atoms with Crippen LogP contribution in [0.25, 0.3) is 5.69 Å². The van der Waals surface area contributed by atoms with Crippen molar-refractivity contribution >= 4 is 0 Å². The lowest BCUT2D eigenvalue weighted by Crippen LogP contribution is -2.06. The fraction of sp³-hybridized carbons (Fsp3) is 0.200. The second-order valence-corrected chi connectivity index (χ2v) is 3.13. The van der Waals surface area contributed by atoms with E-state index in [9.17, 15) is 0 Å². The molecule has 4 heteroatoms. The number of nitrogens with two attached hydrogens (primary N) is 1. The first-order valence-corrected chi connectivity index (χ1v) is 4.48. The van der Waals surface area contributed by atoms with Gasteiger partial charge in [0.05, 0.1) is 18.1 Å². The van der Waals surface area contributed by atoms with Crippen molar-refractivity contribution in [2.24, 2.45) is 5.73 Å². The van der Waals surface area contributed by atoms with Crippen molar-refractivity contribution in [3.63, 3.8) is 0 Å². The van der Waals surface area contributed by atoms with Crippen molar-refractivity contribution in [2.45, 2.75) is 13.5 Å². The predicted molar refractivity (Wildman–Crippen MR) is 54.0 cm³/mol. The van der Waals surface area contributed by atoms with Crippen LogP contribution in [-0.2, 0) is 6.54 Å². The molecule has 0 aliphatic carbocycles. The normalized spacial score (nSPS) is 10.4. The Labute approximate surface area is 82.4 Å². The van der Waals surface area contributed by atoms with Crippen LogP contribution in [-0.4, -0.2) is 15.0 Å². The maximum atomic E-state index is 5.66. The molecule has 1 aromatic carbocycles. The maximum Gasteiger partial charge on any atom is 0.0737 e. The Morgan fingerprint density at radius 1 is 1.43 bits per heavy atom. The SMILES string of the molecule is Cc1cccc(CN)c1-n1ccnn1. The molecule has 0 unspecified atom stereocenters. The molecule has 72 valence electrons. The van der Waals surface area contributed by atoms with Gasteiger partial charge in [0.25, 0.3) is 0 Å². The molecule has 0 spiro atoms. The zero-order chi connectivity index (χ0) is 9.97. The van der Waals surface area contributed by atoms with Gasteiger partial charge in [0.1, 0.15) is 0 Å². The molecule has 0 amide bonds. The summed E-state index contributed by atoms with van der Waals surface area (Å²) in [7, 11) is 0. The zero-order valence-corrected chi connectivity index (χ0v) is 8.01. The Balaban J connectivity index is 2.61. The minimum Gasteiger partial charge on any atom is -0.326 e. The minimum absolute atomic E-state index is 0.511. The maximum absolute atomic E-state index is 5.66. The fourth-order valence-electron chi connectivity index (χ4n) is 1.54. The van der Waals surface area contributed by atoms with Gasteiger partial charge in [0.15, 0.2) is 0 Å². The number of aromatic nitrogens is 3. The van der Waals surface area contributed by atoms with E-state index in [1.165, 1.54) is 0 Å². The second-order valence-electron chi connectivity index (χ2n) is 3.13. The number of rotatable bonds is 2. The molecule has 2 aromatic rings. The molecule has 0 aliphatic heterocycles. The van der Waals surface area contributed by atoms with Gasteiger partial charge in [-0.3, -0.25) is 0 Å². The monoisotopic (exact) mass is 188 g/mol. The van der Waals surface area contributed by atoms with Crippen molar-refractivity contribution in [2.75, 3.05) is 0 Å². The summed E-state index contributed by atoms with van der Waals surface area (Å²) in [5.41, 5.74) is 8.93. The Hall–Kier alpha value is -1.68. The van der Waals surface area contributed by atoms with Gasteiger partial charge in [0.2, 0.25) is 0 Å². The van der Waals surface area contributed by atoms with Gasteiger partial charge in [0, 0.05) is 6.54 Å². The van der Waals surface area contributed by atoms with Crippen LogP contribution >= 0.6 is 0 Å². The van der Waals surface area contributed by atoms with E-state index < -0.39 is 0 Å². The summed E-state index contributed by atoms with van der Waals surface area (Å²) < 4.78 is 1.75. The number of hydrogen-bond acceptors (Lipinski definition) is 3. The van der Waals surface area contributed by atoms with Crippen molar-refractivity contribution in [1.82, 2.24) is 15.0 Å². The third-order valence-electron chi connectivity index (χ3n) is 2.19. The molecular formula is C10H12N4. The highest BCUT2D eigenvalue weighted by Gasteiger charge is 2.06. The number of hydrogen-bond donors (Lipinski definition) is 1. The van der Waals surface area contributed by atoms with Gasteiger partial charge in [-0.25, -0.2) is 4.68 Å². The molecule has 0 atom stereocenters. The van der Waals surface area contributed by atoms with Crippen molar-refractivity contribution in [1.29, 1.82) is 0 Å². The third-order valence-corrected chi connectivity index (χ3v) is 2.19. The lowest BCUT2D eigenvalue weighted by Gasteiger charge is -2.09. The molecule has 1 aromatic heterocycles. The molecule has 0 fully saturated rings. The average Bonchev–Trinajstić information content (AvgIpc) is 2.70. The summed E-state index contributed by atoms with van der Waals surface area (Å²) in [6.45, 7) is 2.55. The summed E-state index contributed by atoms with van der Waals surface area (Å²) in [5, 5.41) is 7.75. The summed E-state index contributed by atoms with van der Waals surface area (Å²) in [5.74, 6) is 0. The predicted octanol–water partition coefficient (Wildman–Crippen LogP) is 1.03. The van der Waals surface area contributed by atoms with E-state index in [0.29, 0.717) is 6.54 Å². The van der Waals surface area contributed by atoms with Crippen LogP contribution in [0, 0.1) is 6.92 Å². The van der Waals surface area contributed by atoms with Crippen molar-refractivity contribution < 1.29 is 0 Å². The number of aryl methyl sites for hydroxylation is 1. The molecule has 0 saturated heterocycles. The van der Waals surface area contributed by atoms with E-state index >= 15 is 0 Å². The smallest absolute Gasteiger partial charge is 0.0737 e. The first-order valence-electron chi connectivity index (χ1n) is 4.48. The minimum atomic E-state index is 0.511. The van der Waals surface area contributed by atoms with Gasteiger partial charge in [-0.15, -0.1) is 5.10 Å². The largest absolute Gasteiger partial charge is 0.326 e. The van der Waals surface area contributed by atoms with Crippen LogP contribution in [0.4, 0.5) is 0 Å². The van der Waals surface area contributed by atoms with Crippen LogP contribution in [0.5, 0.6) is 0 Å². The summed E-state index contributed by atoms with van der Waals surface area (Å²) in [6, 6.07) is 6.04. The van der Waals surface area contributed by atoms with Crippen molar-refractivity contribution in [3.8, 4) is 5.69 Å². The summed E-state index contributed by atoms with van der Waals surface area (Å²) >= 11 is 0. The van der Waals surface area contributed by atoms with E-state index in [4.69, 9.17) is 5.73 Å². The quantitative estimate of drug-likeness (QED) is 0.766. The topological polar surface area (TPSA) is 56.7 Å². The van der Waals surface area contributed by atoms with Crippen LogP contribution in [0.2, 0.25) is 0 Å². The lowest BCUT2D eigenvalue weighted by atomic mass is 10.1. The fourth-order valence-corrected chi connectivity index (χ4v) is 1.54. The third kappa shape index (κ3) is 1.40. The van der Waals surface area contributed by atoms with E-state index in [0.717, 1.165) is 16.8 Å². The molecule has 0 bridgehead atoms. The Bertz CT molecular complexity index is 420. The molecule has 2 N–H and O–H groups in total. The Morgan fingerprint density at radius 2 is 2.29 bits per heavy atom. The summed E-state index contributed by atoms with van der Waals surface area (Å²) in [6.07, 6.45) is 3.48. The van der Waals surface area contributed by atoms with E-state index in [2.05, 4.69) is 10.3 Å². The lowest BCUT2D eigenvalue weighted by molar-refractivity contribution is 0.786. The van der Waals surface area contributed by atoms with Crippen LogP contribution < -0.4 is 5.73 Å². The first kappa shape index (κ1) is 8.90. The second kappa shape index (κ2) is 3.59. The van der Waals surface area contributed by atoms with Crippen LogP contribution in [0.15, 0.2) is 30.6 Å². The number of benzene rings is 1. The zero-order valence-electron chi connectivity index (χ0n) is 8.01. The van der Waals surface area contributed by atoms with Gasteiger partial charge < -0.3 is 5.73 Å². The van der Waals surface area contributed by atoms with E-state index in [1.807, 2.05) is 31.3 Å². The number of nitrogens with zero attached hydrogens (tertiary/aromatic N) is 3. The Morgan fingerprint density at radius 3 is 2.93 bits per heavy atom. The van der Waals surface area contributed by atoms with Gasteiger partial charge in [-0.2, -0.15) is 0 Å². The highest BCUT2D eigenvalue weighted by atomic mass is 15.4. The van der Waals surface area contributed by atoms with Crippen LogP contribution in [0.3, 0.4) is 0 Å². The van der Waals surface area contributed by atoms with E-state index in [-0.39, 0.29) is 0 Å². The molecule has 1 heterocycles. The molecule has 4 nitrogen and oxygen atoms in total. The molecule has 14 heavy (non-hydrogen) atoms. The standard InChI is InChI=1S/C10H12N4/c1-8-3-2-4-9(7-11)10(8)14-6-5-12-13-14/h2-6H,7,11H2,1H3. The Kier molecular flexibility index (Phi) is 2.28. The van der Waals surface area contributed by atoms with Gasteiger partial charge in [-0.05, 0) is 18.1 Å². The molecular weight excluding hydrogens is 176 g/mol. The highest BCUT2D eigenvalue weighted by Crippen LogP contribution is 2.17. The van der Waals surface area contributed by atoms with Crippen molar-refractivity contribution in [3.05, 3.63) is 41.7 Å². The molecule has 0 aliphatic rings. The molecule has 0 radical (unpaired) electrons. The van der Waals surface area contributed by atoms with Gasteiger partial charge in [-0.1, -0.05) is 23.4 Å².